The Morgan fingerprint density at radius 1 is 1.20 bits per heavy atom. The van der Waals surface area contributed by atoms with Crippen LogP contribution in [0.4, 0.5) is 8.78 Å². The van der Waals surface area contributed by atoms with E-state index in [0.29, 0.717) is 10.6 Å². The van der Waals surface area contributed by atoms with E-state index in [0.717, 1.165) is 0 Å². The zero-order valence-electron chi connectivity index (χ0n) is 10.3. The molecule has 110 valence electrons. The molecule has 0 bridgehead atoms. The third-order valence-electron chi connectivity index (χ3n) is 2.32. The van der Waals surface area contributed by atoms with Gasteiger partial charge in [0.25, 0.3) is 12.3 Å². The van der Waals surface area contributed by atoms with Crippen LogP contribution in [0.5, 0.6) is 0 Å². The molecule has 0 saturated carbocycles. The molecule has 0 heterocycles. The lowest BCUT2D eigenvalue weighted by molar-refractivity contribution is -0.121. The molecule has 5 nitrogen and oxygen atoms in total. The van der Waals surface area contributed by atoms with E-state index in [1.54, 1.807) is 0 Å². The summed E-state index contributed by atoms with van der Waals surface area (Å²) < 4.78 is 23.9. The van der Waals surface area contributed by atoms with E-state index in [4.69, 9.17) is 16.7 Å². The van der Waals surface area contributed by atoms with Crippen LogP contribution in [0.3, 0.4) is 0 Å². The molecule has 1 aromatic carbocycles. The molecule has 1 unspecified atom stereocenters. The van der Waals surface area contributed by atoms with Crippen molar-refractivity contribution < 1.29 is 23.5 Å². The van der Waals surface area contributed by atoms with Crippen molar-refractivity contribution in [1.82, 2.24) is 10.6 Å². The van der Waals surface area contributed by atoms with E-state index < -0.39 is 30.9 Å². The predicted molar refractivity (Wildman–Crippen MR) is 68.8 cm³/mol. The van der Waals surface area contributed by atoms with Crippen molar-refractivity contribution in [2.45, 2.75) is 12.5 Å². The molecule has 0 spiro atoms. The van der Waals surface area contributed by atoms with E-state index in [9.17, 15) is 18.4 Å². The Labute approximate surface area is 118 Å². The lowest BCUT2D eigenvalue weighted by atomic mass is 10.2. The third-order valence-corrected chi connectivity index (χ3v) is 2.57. The summed E-state index contributed by atoms with van der Waals surface area (Å²) in [5.41, 5.74) is 0.315. The van der Waals surface area contributed by atoms with Gasteiger partial charge in [0.05, 0.1) is 6.54 Å². The number of nitrogens with one attached hydrogen (secondary N) is 2. The summed E-state index contributed by atoms with van der Waals surface area (Å²) in [5, 5.41) is 13.6. The number of aliphatic hydroxyl groups excluding tert-OH is 1. The zero-order valence-corrected chi connectivity index (χ0v) is 11.0. The van der Waals surface area contributed by atoms with Gasteiger partial charge >= 0.3 is 0 Å². The summed E-state index contributed by atoms with van der Waals surface area (Å²) in [4.78, 5) is 22.9. The minimum atomic E-state index is -2.93. The standard InChI is InChI=1S/C12H13ClF2N2O3/c13-8-3-1-7(2-4-8)12(20)17-6-10(19)16-5-9(18)11(14)15/h1-4,9,11,18H,5-6H2,(H,16,19)(H,17,20). The molecule has 1 atom stereocenters. The molecule has 0 fully saturated rings. The molecule has 0 saturated heterocycles. The molecule has 2 amide bonds. The van der Waals surface area contributed by atoms with Crippen molar-refractivity contribution in [3.8, 4) is 0 Å². The van der Waals surface area contributed by atoms with Crippen LogP contribution in [0.2, 0.25) is 5.02 Å². The smallest absolute Gasteiger partial charge is 0.265 e. The van der Waals surface area contributed by atoms with E-state index >= 15 is 0 Å². The SMILES string of the molecule is O=C(CNC(=O)c1ccc(Cl)cc1)NCC(O)C(F)F. The second kappa shape index (κ2) is 7.76. The molecule has 20 heavy (non-hydrogen) atoms. The Kier molecular flexibility index (Phi) is 6.33. The summed E-state index contributed by atoms with van der Waals surface area (Å²) in [5.74, 6) is -1.17. The van der Waals surface area contributed by atoms with E-state index in [1.165, 1.54) is 24.3 Å². The van der Waals surface area contributed by atoms with Crippen LogP contribution in [-0.2, 0) is 4.79 Å². The van der Waals surface area contributed by atoms with Crippen LogP contribution in [-0.4, -0.2) is 42.5 Å². The first kappa shape index (κ1) is 16.3. The van der Waals surface area contributed by atoms with Crippen molar-refractivity contribution >= 4 is 23.4 Å². The minimum Gasteiger partial charge on any atom is -0.385 e. The van der Waals surface area contributed by atoms with Gasteiger partial charge in [-0.1, -0.05) is 11.6 Å². The molecule has 1 rings (SSSR count). The van der Waals surface area contributed by atoms with Gasteiger partial charge < -0.3 is 15.7 Å². The average Bonchev–Trinajstić information content (AvgIpc) is 2.42. The number of hydrogen-bond donors (Lipinski definition) is 3. The van der Waals surface area contributed by atoms with E-state index in [2.05, 4.69) is 10.6 Å². The Morgan fingerprint density at radius 2 is 1.80 bits per heavy atom. The Balaban J connectivity index is 2.34. The van der Waals surface area contributed by atoms with Crippen molar-refractivity contribution in [2.24, 2.45) is 0 Å². The van der Waals surface area contributed by atoms with E-state index in [-0.39, 0.29) is 6.54 Å². The van der Waals surface area contributed by atoms with E-state index in [1.807, 2.05) is 0 Å². The van der Waals surface area contributed by atoms with Crippen LogP contribution in [0.1, 0.15) is 10.4 Å². The minimum absolute atomic E-state index is 0.315. The predicted octanol–water partition coefficient (Wildman–Crippen LogP) is 0.812. The first-order valence-corrected chi connectivity index (χ1v) is 6.04. The number of halogens is 3. The van der Waals surface area contributed by atoms with Gasteiger partial charge in [0.2, 0.25) is 5.91 Å². The topological polar surface area (TPSA) is 78.4 Å². The first-order chi connectivity index (χ1) is 9.40. The maximum atomic E-state index is 12.0. The summed E-state index contributed by atoms with van der Waals surface area (Å²) in [6, 6.07) is 6.01. The maximum Gasteiger partial charge on any atom is 0.265 e. The monoisotopic (exact) mass is 306 g/mol. The van der Waals surface area contributed by atoms with Crippen molar-refractivity contribution in [2.75, 3.05) is 13.1 Å². The normalized spacial score (nSPS) is 12.1. The molecule has 8 heteroatoms. The van der Waals surface area contributed by atoms with Gasteiger partial charge in [0.1, 0.15) is 6.10 Å². The van der Waals surface area contributed by atoms with Gasteiger partial charge in [0.15, 0.2) is 0 Å². The molecule has 0 radical (unpaired) electrons. The zero-order chi connectivity index (χ0) is 15.1. The van der Waals surface area contributed by atoms with Gasteiger partial charge in [-0.05, 0) is 24.3 Å². The fourth-order valence-electron chi connectivity index (χ4n) is 1.23. The van der Waals surface area contributed by atoms with Gasteiger partial charge in [0, 0.05) is 17.1 Å². The summed E-state index contributed by atoms with van der Waals surface area (Å²) in [6.45, 7) is -0.954. The number of amides is 2. The van der Waals surface area contributed by atoms with Crippen LogP contribution in [0.25, 0.3) is 0 Å². The highest BCUT2D eigenvalue weighted by Gasteiger charge is 2.17. The lowest BCUT2D eigenvalue weighted by Crippen LogP contribution is -2.41. The quantitative estimate of drug-likeness (QED) is 0.728. The second-order valence-corrected chi connectivity index (χ2v) is 4.33. The maximum absolute atomic E-state index is 12.0. The third kappa shape index (κ3) is 5.50. The van der Waals surface area contributed by atoms with Gasteiger partial charge in [-0.15, -0.1) is 0 Å². The fraction of sp³-hybridized carbons (Fsp3) is 0.333. The van der Waals surface area contributed by atoms with Crippen LogP contribution >= 0.6 is 11.6 Å². The number of benzene rings is 1. The highest BCUT2D eigenvalue weighted by molar-refractivity contribution is 6.30. The largest absolute Gasteiger partial charge is 0.385 e. The number of carbonyl (C=O) groups excluding carboxylic acids is 2. The van der Waals surface area contributed by atoms with Crippen LogP contribution in [0.15, 0.2) is 24.3 Å². The Morgan fingerprint density at radius 3 is 2.35 bits per heavy atom. The molecule has 1 aromatic rings. The number of rotatable bonds is 6. The molecule has 0 aliphatic rings. The lowest BCUT2D eigenvalue weighted by Gasteiger charge is -2.11. The summed E-state index contributed by atoms with van der Waals surface area (Å²) in [7, 11) is 0. The molecule has 0 aliphatic heterocycles. The number of aliphatic hydroxyl groups is 1. The van der Waals surface area contributed by atoms with Crippen molar-refractivity contribution in [1.29, 1.82) is 0 Å². The Hall–Kier alpha value is -1.73. The van der Waals surface area contributed by atoms with Crippen LogP contribution < -0.4 is 10.6 Å². The molecule has 3 N–H and O–H groups in total. The number of carbonyl (C=O) groups is 2. The van der Waals surface area contributed by atoms with Crippen molar-refractivity contribution in [3.05, 3.63) is 34.9 Å². The number of hydrogen-bond acceptors (Lipinski definition) is 3. The van der Waals surface area contributed by atoms with Crippen LogP contribution in [0, 0.1) is 0 Å². The molecular formula is C12H13ClF2N2O3. The van der Waals surface area contributed by atoms with Gasteiger partial charge in [-0.25, -0.2) is 8.78 Å². The van der Waals surface area contributed by atoms with Gasteiger partial charge in [-0.2, -0.15) is 0 Å². The van der Waals surface area contributed by atoms with Gasteiger partial charge in [-0.3, -0.25) is 9.59 Å². The molecule has 0 aromatic heterocycles. The summed E-state index contributed by atoms with van der Waals surface area (Å²) >= 11 is 5.66. The highest BCUT2D eigenvalue weighted by atomic mass is 35.5. The van der Waals surface area contributed by atoms with Crippen molar-refractivity contribution in [3.63, 3.8) is 0 Å². The molecular weight excluding hydrogens is 294 g/mol. The number of alkyl halides is 2. The average molecular weight is 307 g/mol. The Bertz CT molecular complexity index is 468. The molecule has 0 aliphatic carbocycles. The first-order valence-electron chi connectivity index (χ1n) is 5.67. The fourth-order valence-corrected chi connectivity index (χ4v) is 1.36. The summed E-state index contributed by atoms with van der Waals surface area (Å²) in [6.07, 6.45) is -4.86. The highest BCUT2D eigenvalue weighted by Crippen LogP contribution is 2.09. The second-order valence-electron chi connectivity index (χ2n) is 3.90.